The van der Waals surface area contributed by atoms with Crippen LogP contribution in [0, 0.1) is 0 Å². The van der Waals surface area contributed by atoms with Crippen LogP contribution in [0.15, 0.2) is 115 Å². The number of Topliss-reactive ketones (excluding diaryl/α,β-unsaturated/α-hetero) is 1. The number of rotatable bonds is 17. The molecular weight excluding hydrogens is 759 g/mol. The lowest BCUT2D eigenvalue weighted by molar-refractivity contribution is -0.121. The molecule has 3 amide bonds. The van der Waals surface area contributed by atoms with Crippen LogP contribution in [0.4, 0.5) is 16.2 Å². The molecule has 1 aliphatic rings. The molecule has 11 heteroatoms. The monoisotopic (exact) mass is 811 g/mol. The number of alkyl carbamates (subject to hydrolysis) is 1. The van der Waals surface area contributed by atoms with Gasteiger partial charge >= 0.3 is 6.09 Å². The predicted octanol–water partition coefficient (Wildman–Crippen LogP) is 9.95. The molecule has 2 atom stereocenters. The summed E-state index contributed by atoms with van der Waals surface area (Å²) in [6.45, 7) is 11.3. The number of carbonyl (C=O) groups excluding carboxylic acids is 4. The van der Waals surface area contributed by atoms with Crippen molar-refractivity contribution in [3.05, 3.63) is 143 Å². The summed E-state index contributed by atoms with van der Waals surface area (Å²) in [4.78, 5) is 53.8. The average molecular weight is 812 g/mol. The first kappa shape index (κ1) is 43.1. The van der Waals surface area contributed by atoms with Crippen LogP contribution in [0.3, 0.4) is 0 Å². The van der Waals surface area contributed by atoms with Gasteiger partial charge in [-0.3, -0.25) is 14.4 Å². The summed E-state index contributed by atoms with van der Waals surface area (Å²) in [5.41, 5.74) is 5.99. The van der Waals surface area contributed by atoms with Crippen molar-refractivity contribution in [3.8, 4) is 22.6 Å². The van der Waals surface area contributed by atoms with Gasteiger partial charge in [0.1, 0.15) is 30.8 Å². The Kier molecular flexibility index (Phi) is 14.0. The molecule has 0 heterocycles. The maximum absolute atomic E-state index is 14.1. The van der Waals surface area contributed by atoms with Crippen LogP contribution in [-0.4, -0.2) is 54.7 Å². The minimum atomic E-state index is -1.16. The molecule has 0 aliphatic heterocycles. The molecule has 6 rings (SSSR count). The minimum absolute atomic E-state index is 0.0413. The summed E-state index contributed by atoms with van der Waals surface area (Å²) in [5, 5.41) is 8.53. The molecule has 0 bridgehead atoms. The van der Waals surface area contributed by atoms with E-state index in [4.69, 9.17) is 18.9 Å². The van der Waals surface area contributed by atoms with Crippen molar-refractivity contribution in [2.45, 2.75) is 84.7 Å². The van der Waals surface area contributed by atoms with Crippen LogP contribution in [0.25, 0.3) is 11.1 Å². The van der Waals surface area contributed by atoms with Crippen molar-refractivity contribution in [2.24, 2.45) is 0 Å². The first-order valence-corrected chi connectivity index (χ1v) is 20.4. The van der Waals surface area contributed by atoms with E-state index in [0.29, 0.717) is 23.4 Å². The third-order valence-electron chi connectivity index (χ3n) is 10.2. The molecular formula is C49H53N3O8. The topological polar surface area (TPSA) is 141 Å². The predicted molar refractivity (Wildman–Crippen MR) is 233 cm³/mol. The van der Waals surface area contributed by atoms with E-state index in [2.05, 4.69) is 28.1 Å². The summed E-state index contributed by atoms with van der Waals surface area (Å²) in [5.74, 6) is -0.645. The van der Waals surface area contributed by atoms with E-state index in [0.717, 1.165) is 34.2 Å². The number of ether oxygens (including phenoxy) is 4. The molecule has 2 unspecified atom stereocenters. The highest BCUT2D eigenvalue weighted by atomic mass is 16.6. The summed E-state index contributed by atoms with van der Waals surface area (Å²) >= 11 is 0. The van der Waals surface area contributed by atoms with Crippen LogP contribution in [0.1, 0.15) is 97.7 Å². The van der Waals surface area contributed by atoms with Crippen LogP contribution in [0.2, 0.25) is 0 Å². The summed E-state index contributed by atoms with van der Waals surface area (Å²) < 4.78 is 24.1. The van der Waals surface area contributed by atoms with E-state index in [1.807, 2.05) is 101 Å². The minimum Gasteiger partial charge on any atom is -0.489 e. The molecule has 0 aromatic heterocycles. The smallest absolute Gasteiger partial charge is 0.407 e. The van der Waals surface area contributed by atoms with E-state index >= 15 is 0 Å². The number of benzene rings is 5. The second kappa shape index (κ2) is 19.5. The van der Waals surface area contributed by atoms with Crippen molar-refractivity contribution in [2.75, 3.05) is 23.8 Å². The maximum atomic E-state index is 14.1. The Morgan fingerprint density at radius 1 is 0.717 bits per heavy atom. The van der Waals surface area contributed by atoms with Crippen molar-refractivity contribution in [1.82, 2.24) is 5.32 Å². The standard InChI is InChI=1S/C49H53N3O8/c1-7-31(3)60-45-26-33(43(53)8-2)22-24-41(45)50-46(54)34-23-25-40(44(27-34)57-28-32-16-10-9-11-17-32)51-47(55)42(30-59-49(4,5)6)52-48(56)58-29-39-37-20-14-12-18-35(37)36-19-13-15-21-38(36)39/h9-27,31,39,42H,7-8,28-30H2,1-6H3,(H,50,54)(H,51,55)(H,52,56). The molecule has 0 saturated heterocycles. The lowest BCUT2D eigenvalue weighted by Gasteiger charge is -2.25. The van der Waals surface area contributed by atoms with Gasteiger partial charge in [-0.05, 0) is 98.3 Å². The quantitative estimate of drug-likeness (QED) is 0.0789. The van der Waals surface area contributed by atoms with Crippen LogP contribution < -0.4 is 25.4 Å². The van der Waals surface area contributed by atoms with Gasteiger partial charge in [-0.2, -0.15) is 0 Å². The number of fused-ring (bicyclic) bond motifs is 3. The Balaban J connectivity index is 1.21. The van der Waals surface area contributed by atoms with E-state index in [1.54, 1.807) is 37.3 Å². The molecule has 5 aromatic carbocycles. The largest absolute Gasteiger partial charge is 0.489 e. The van der Waals surface area contributed by atoms with E-state index in [9.17, 15) is 19.2 Å². The van der Waals surface area contributed by atoms with E-state index in [1.165, 1.54) is 6.07 Å². The molecule has 0 spiro atoms. The Morgan fingerprint density at radius 2 is 1.32 bits per heavy atom. The first-order chi connectivity index (χ1) is 28.8. The third kappa shape index (κ3) is 11.0. The number of hydrogen-bond donors (Lipinski definition) is 3. The van der Waals surface area contributed by atoms with Crippen molar-refractivity contribution in [3.63, 3.8) is 0 Å². The SMILES string of the molecule is CCC(=O)c1ccc(NC(=O)c2ccc(NC(=O)C(COC(C)(C)C)NC(=O)OCC3c4ccccc4-c4ccccc43)c(OCc3ccccc3)c2)c(OC(C)CC)c1. The number of carbonyl (C=O) groups is 4. The average Bonchev–Trinajstić information content (AvgIpc) is 3.57. The van der Waals surface area contributed by atoms with E-state index < -0.39 is 29.6 Å². The highest BCUT2D eigenvalue weighted by molar-refractivity contribution is 6.07. The number of ketones is 1. The summed E-state index contributed by atoms with van der Waals surface area (Å²) in [6.07, 6.45) is 0.119. The summed E-state index contributed by atoms with van der Waals surface area (Å²) in [7, 11) is 0. The second-order valence-corrected chi connectivity index (χ2v) is 15.7. The van der Waals surface area contributed by atoms with Gasteiger partial charge in [0, 0.05) is 23.5 Å². The van der Waals surface area contributed by atoms with Crippen LogP contribution in [0.5, 0.6) is 11.5 Å². The highest BCUT2D eigenvalue weighted by Crippen LogP contribution is 2.44. The highest BCUT2D eigenvalue weighted by Gasteiger charge is 2.31. The Morgan fingerprint density at radius 3 is 1.95 bits per heavy atom. The first-order valence-electron chi connectivity index (χ1n) is 20.4. The molecule has 3 N–H and O–H groups in total. The van der Waals surface area contributed by atoms with Gasteiger partial charge in [-0.1, -0.05) is 92.7 Å². The maximum Gasteiger partial charge on any atom is 0.407 e. The van der Waals surface area contributed by atoms with Gasteiger partial charge in [-0.25, -0.2) is 4.79 Å². The van der Waals surface area contributed by atoms with Crippen LogP contribution >= 0.6 is 0 Å². The molecule has 11 nitrogen and oxygen atoms in total. The number of nitrogens with one attached hydrogen (secondary N) is 3. The number of hydrogen-bond acceptors (Lipinski definition) is 8. The summed E-state index contributed by atoms with van der Waals surface area (Å²) in [6, 6.07) is 34.1. The molecule has 60 heavy (non-hydrogen) atoms. The van der Waals surface area contributed by atoms with Gasteiger partial charge in [0.2, 0.25) is 5.91 Å². The normalized spacial score (nSPS) is 13.0. The molecule has 312 valence electrons. The fourth-order valence-electron chi connectivity index (χ4n) is 6.74. The zero-order valence-electron chi connectivity index (χ0n) is 35.0. The molecule has 5 aromatic rings. The van der Waals surface area contributed by atoms with Gasteiger partial charge in [-0.15, -0.1) is 0 Å². The Hall–Kier alpha value is -6.46. The van der Waals surface area contributed by atoms with E-state index in [-0.39, 0.29) is 54.6 Å². The van der Waals surface area contributed by atoms with Gasteiger partial charge in [0.25, 0.3) is 5.91 Å². The fraction of sp³-hybridized carbons (Fsp3) is 0.306. The van der Waals surface area contributed by atoms with Gasteiger partial charge in [0.15, 0.2) is 5.78 Å². The van der Waals surface area contributed by atoms with Crippen LogP contribution in [-0.2, 0) is 20.9 Å². The zero-order chi connectivity index (χ0) is 42.8. The second-order valence-electron chi connectivity index (χ2n) is 15.7. The zero-order valence-corrected chi connectivity index (χ0v) is 35.0. The number of anilines is 2. The van der Waals surface area contributed by atoms with Gasteiger partial charge in [0.05, 0.1) is 29.7 Å². The lowest BCUT2D eigenvalue weighted by Crippen LogP contribution is -2.48. The Bertz CT molecular complexity index is 2270. The van der Waals surface area contributed by atoms with Crippen molar-refractivity contribution < 1.29 is 38.1 Å². The fourth-order valence-corrected chi connectivity index (χ4v) is 6.74. The molecule has 0 fully saturated rings. The molecule has 0 saturated carbocycles. The van der Waals surface area contributed by atoms with Crippen molar-refractivity contribution in [1.29, 1.82) is 0 Å². The number of amides is 3. The Labute approximate surface area is 351 Å². The lowest BCUT2D eigenvalue weighted by atomic mass is 9.98. The molecule has 0 radical (unpaired) electrons. The van der Waals surface area contributed by atoms with Crippen molar-refractivity contribution >= 4 is 35.1 Å². The third-order valence-corrected chi connectivity index (χ3v) is 10.2. The van der Waals surface area contributed by atoms with Gasteiger partial charge < -0.3 is 34.9 Å². The molecule has 1 aliphatic carbocycles.